The lowest BCUT2D eigenvalue weighted by atomic mass is 9.93. The Kier molecular flexibility index (Phi) is 3.41. The Morgan fingerprint density at radius 2 is 1.95 bits per heavy atom. The smallest absolute Gasteiger partial charge is 0.124 e. The summed E-state index contributed by atoms with van der Waals surface area (Å²) < 4.78 is 19.7. The third-order valence-electron chi connectivity index (χ3n) is 4.48. The molecule has 2 aliphatic rings. The van der Waals surface area contributed by atoms with Gasteiger partial charge >= 0.3 is 0 Å². The van der Waals surface area contributed by atoms with Crippen LogP contribution in [0.5, 0.6) is 0 Å². The fraction of sp³-hybridized carbons (Fsp3) is 0.588. The van der Waals surface area contributed by atoms with Gasteiger partial charge in [-0.3, -0.25) is 0 Å². The summed E-state index contributed by atoms with van der Waals surface area (Å²) in [6.45, 7) is 5.69. The van der Waals surface area contributed by atoms with Crippen molar-refractivity contribution in [3.63, 3.8) is 0 Å². The van der Waals surface area contributed by atoms with Crippen molar-refractivity contribution in [3.05, 3.63) is 29.6 Å². The van der Waals surface area contributed by atoms with E-state index in [1.165, 1.54) is 25.0 Å². The zero-order chi connectivity index (χ0) is 15.1. The summed E-state index contributed by atoms with van der Waals surface area (Å²) in [4.78, 5) is 2.20. The molecule has 1 saturated carbocycles. The van der Waals surface area contributed by atoms with E-state index in [4.69, 9.17) is 4.74 Å². The summed E-state index contributed by atoms with van der Waals surface area (Å²) in [6.07, 6.45) is 4.52. The molecule has 0 atom stereocenters. The van der Waals surface area contributed by atoms with Crippen molar-refractivity contribution in [2.45, 2.75) is 50.7 Å². The monoisotopic (exact) mass is 288 g/mol. The van der Waals surface area contributed by atoms with Gasteiger partial charge in [-0.25, -0.2) is 4.39 Å². The number of anilines is 1. The predicted molar refractivity (Wildman–Crippen MR) is 79.7 cm³/mol. The number of hydrogen-bond donors (Lipinski definition) is 0. The van der Waals surface area contributed by atoms with Gasteiger partial charge in [0.2, 0.25) is 0 Å². The van der Waals surface area contributed by atoms with Crippen molar-refractivity contribution >= 4 is 5.69 Å². The third-order valence-corrected chi connectivity index (χ3v) is 4.48. The highest BCUT2D eigenvalue weighted by atomic mass is 19.1. The van der Waals surface area contributed by atoms with Gasteiger partial charge < -0.3 is 9.64 Å². The normalized spacial score (nSPS) is 23.2. The largest absolute Gasteiger partial charge is 0.365 e. The van der Waals surface area contributed by atoms with Gasteiger partial charge in [-0.05, 0) is 44.9 Å². The Bertz CT molecular complexity index is 585. The number of nitrogens with zero attached hydrogens (tertiary/aromatic N) is 2. The van der Waals surface area contributed by atoms with Gasteiger partial charge in [0.15, 0.2) is 0 Å². The molecule has 4 heteroatoms. The second-order valence-electron chi connectivity index (χ2n) is 6.88. The lowest BCUT2D eigenvalue weighted by Crippen LogP contribution is -2.59. The second-order valence-corrected chi connectivity index (χ2v) is 6.88. The Morgan fingerprint density at radius 1 is 1.24 bits per heavy atom. The molecule has 112 valence electrons. The number of hydrogen-bond acceptors (Lipinski definition) is 3. The highest BCUT2D eigenvalue weighted by Crippen LogP contribution is 2.42. The number of nitriles is 1. The quantitative estimate of drug-likeness (QED) is 0.792. The first-order chi connectivity index (χ1) is 9.93. The first kappa shape index (κ1) is 14.3. The fourth-order valence-electron chi connectivity index (χ4n) is 3.84. The van der Waals surface area contributed by atoms with E-state index in [1.807, 2.05) is 0 Å². The minimum atomic E-state index is -0.363. The van der Waals surface area contributed by atoms with Crippen molar-refractivity contribution in [3.8, 4) is 6.07 Å². The number of morpholine rings is 1. The molecule has 0 amide bonds. The Morgan fingerprint density at radius 3 is 2.62 bits per heavy atom. The summed E-state index contributed by atoms with van der Waals surface area (Å²) in [6, 6.07) is 6.59. The van der Waals surface area contributed by atoms with Gasteiger partial charge in [0.1, 0.15) is 11.9 Å². The van der Waals surface area contributed by atoms with Crippen LogP contribution >= 0.6 is 0 Å². The van der Waals surface area contributed by atoms with Crippen molar-refractivity contribution in [2.75, 3.05) is 18.0 Å². The summed E-state index contributed by atoms with van der Waals surface area (Å²) in [5.41, 5.74) is 0.856. The Labute approximate surface area is 125 Å². The minimum absolute atomic E-state index is 0.108. The van der Waals surface area contributed by atoms with Crippen LogP contribution in [0.2, 0.25) is 0 Å². The van der Waals surface area contributed by atoms with Crippen LogP contribution in [0.15, 0.2) is 18.2 Å². The van der Waals surface area contributed by atoms with Crippen molar-refractivity contribution in [2.24, 2.45) is 0 Å². The van der Waals surface area contributed by atoms with Gasteiger partial charge in [-0.1, -0.05) is 12.8 Å². The number of halogens is 1. The van der Waals surface area contributed by atoms with Crippen LogP contribution in [0, 0.1) is 17.1 Å². The molecule has 1 saturated heterocycles. The summed E-state index contributed by atoms with van der Waals surface area (Å²) in [5, 5.41) is 9.29. The molecule has 1 heterocycles. The SMILES string of the molecule is CC1(C)CN(c2ccc(F)cc2C#N)CC2(CCCC2)O1. The molecule has 1 aromatic carbocycles. The van der Waals surface area contributed by atoms with E-state index in [0.717, 1.165) is 31.6 Å². The second kappa shape index (κ2) is 4.99. The van der Waals surface area contributed by atoms with Crippen LogP contribution in [-0.2, 0) is 4.74 Å². The fourth-order valence-corrected chi connectivity index (χ4v) is 3.84. The molecule has 1 aliphatic heterocycles. The van der Waals surface area contributed by atoms with Gasteiger partial charge in [-0.2, -0.15) is 5.26 Å². The maximum Gasteiger partial charge on any atom is 0.124 e. The van der Waals surface area contributed by atoms with Gasteiger partial charge in [-0.15, -0.1) is 0 Å². The molecule has 1 aromatic rings. The van der Waals surface area contributed by atoms with E-state index in [-0.39, 0.29) is 17.0 Å². The molecule has 21 heavy (non-hydrogen) atoms. The van der Waals surface area contributed by atoms with Gasteiger partial charge in [0, 0.05) is 13.1 Å². The van der Waals surface area contributed by atoms with Crippen LogP contribution in [0.1, 0.15) is 45.1 Å². The highest BCUT2D eigenvalue weighted by Gasteiger charge is 2.46. The molecular formula is C17H21FN2O. The number of benzene rings is 1. The third kappa shape index (κ3) is 2.75. The molecule has 0 N–H and O–H groups in total. The van der Waals surface area contributed by atoms with Crippen LogP contribution in [0.4, 0.5) is 10.1 Å². The van der Waals surface area contributed by atoms with E-state index in [1.54, 1.807) is 6.07 Å². The zero-order valence-electron chi connectivity index (χ0n) is 12.7. The molecule has 0 unspecified atom stereocenters. The van der Waals surface area contributed by atoms with E-state index in [9.17, 15) is 9.65 Å². The van der Waals surface area contributed by atoms with Crippen LogP contribution in [0.3, 0.4) is 0 Å². The average molecular weight is 288 g/mol. The lowest BCUT2D eigenvalue weighted by Gasteiger charge is -2.49. The number of ether oxygens (including phenoxy) is 1. The first-order valence-corrected chi connectivity index (χ1v) is 7.58. The van der Waals surface area contributed by atoms with E-state index >= 15 is 0 Å². The molecule has 3 nitrogen and oxygen atoms in total. The standard InChI is InChI=1S/C17H21FN2O/c1-16(2)11-20(12-17(21-16)7-3-4-8-17)15-6-5-14(18)9-13(15)10-19/h5-6,9H,3-4,7-8,11-12H2,1-2H3. The van der Waals surface area contributed by atoms with E-state index < -0.39 is 0 Å². The first-order valence-electron chi connectivity index (χ1n) is 7.58. The molecular weight excluding hydrogens is 267 g/mol. The van der Waals surface area contributed by atoms with Crippen molar-refractivity contribution < 1.29 is 9.13 Å². The predicted octanol–water partition coefficient (Wildman–Crippen LogP) is 3.63. The average Bonchev–Trinajstić information content (AvgIpc) is 2.83. The molecule has 1 aliphatic carbocycles. The topological polar surface area (TPSA) is 36.3 Å². The summed E-state index contributed by atoms with van der Waals surface area (Å²) in [5.74, 6) is -0.363. The van der Waals surface area contributed by atoms with E-state index in [2.05, 4.69) is 24.8 Å². The molecule has 0 radical (unpaired) electrons. The van der Waals surface area contributed by atoms with Gasteiger partial charge in [0.05, 0.1) is 22.5 Å². The van der Waals surface area contributed by atoms with Crippen LogP contribution in [-0.4, -0.2) is 24.3 Å². The van der Waals surface area contributed by atoms with Gasteiger partial charge in [0.25, 0.3) is 0 Å². The minimum Gasteiger partial charge on any atom is -0.365 e. The Balaban J connectivity index is 1.96. The molecule has 0 bridgehead atoms. The maximum absolute atomic E-state index is 13.4. The highest BCUT2D eigenvalue weighted by molar-refractivity contribution is 5.60. The van der Waals surface area contributed by atoms with Crippen molar-refractivity contribution in [1.82, 2.24) is 0 Å². The zero-order valence-corrected chi connectivity index (χ0v) is 12.7. The van der Waals surface area contributed by atoms with E-state index in [0.29, 0.717) is 5.56 Å². The summed E-state index contributed by atoms with van der Waals surface area (Å²) >= 11 is 0. The molecule has 1 spiro atoms. The van der Waals surface area contributed by atoms with Crippen LogP contribution in [0.25, 0.3) is 0 Å². The maximum atomic E-state index is 13.4. The summed E-state index contributed by atoms with van der Waals surface area (Å²) in [7, 11) is 0. The number of rotatable bonds is 1. The Hall–Kier alpha value is -1.60. The lowest BCUT2D eigenvalue weighted by molar-refractivity contribution is -0.148. The molecule has 3 rings (SSSR count). The molecule has 0 aromatic heterocycles. The molecule has 2 fully saturated rings. The van der Waals surface area contributed by atoms with Crippen molar-refractivity contribution in [1.29, 1.82) is 5.26 Å². The van der Waals surface area contributed by atoms with Crippen LogP contribution < -0.4 is 4.90 Å².